The zero-order valence-electron chi connectivity index (χ0n) is 10.7. The first kappa shape index (κ1) is 14.4. The second-order valence-corrected chi connectivity index (χ2v) is 4.39. The first-order valence-corrected chi connectivity index (χ1v) is 5.86. The molecule has 0 bridgehead atoms. The molecule has 0 aliphatic rings. The number of ether oxygens (including phenoxy) is 1. The summed E-state index contributed by atoms with van der Waals surface area (Å²) in [5.74, 6) is 0.567. The van der Waals surface area contributed by atoms with E-state index in [0.29, 0.717) is 12.5 Å². The summed E-state index contributed by atoms with van der Waals surface area (Å²) < 4.78 is 4.97. The normalized spacial score (nSPS) is 15.1. The summed E-state index contributed by atoms with van der Waals surface area (Å²) in [7, 11) is 2.06. The van der Waals surface area contributed by atoms with E-state index in [0.717, 1.165) is 13.1 Å². The van der Waals surface area contributed by atoms with Crippen LogP contribution in [0.1, 0.15) is 34.1 Å². The predicted octanol–water partition coefficient (Wildman–Crippen LogP) is 2.16. The number of nitrogens with zero attached hydrogens (tertiary/aromatic N) is 1. The third kappa shape index (κ3) is 6.50. The van der Waals surface area contributed by atoms with Crippen molar-refractivity contribution >= 4 is 5.97 Å². The standard InChI is InChI=1S/C12H25NO2/c1-6-10(3)8-13(5)9-11(4)12(14)15-7-2/h10-11H,6-9H2,1-5H3. The molecule has 0 aliphatic carbocycles. The number of hydrogen-bond donors (Lipinski definition) is 0. The van der Waals surface area contributed by atoms with Crippen LogP contribution in [0.15, 0.2) is 0 Å². The molecule has 0 aromatic carbocycles. The fourth-order valence-corrected chi connectivity index (χ4v) is 1.56. The van der Waals surface area contributed by atoms with Crippen molar-refractivity contribution in [1.29, 1.82) is 0 Å². The van der Waals surface area contributed by atoms with Crippen molar-refractivity contribution in [2.75, 3.05) is 26.7 Å². The van der Waals surface area contributed by atoms with Crippen molar-refractivity contribution in [1.82, 2.24) is 4.90 Å². The van der Waals surface area contributed by atoms with Crippen molar-refractivity contribution in [2.24, 2.45) is 11.8 Å². The maximum absolute atomic E-state index is 11.4. The highest BCUT2D eigenvalue weighted by atomic mass is 16.5. The lowest BCUT2D eigenvalue weighted by Crippen LogP contribution is -2.32. The van der Waals surface area contributed by atoms with Crippen LogP contribution in [0.4, 0.5) is 0 Å². The Morgan fingerprint density at radius 2 is 1.87 bits per heavy atom. The maximum atomic E-state index is 11.4. The second kappa shape index (κ2) is 7.69. The van der Waals surface area contributed by atoms with Crippen molar-refractivity contribution < 1.29 is 9.53 Å². The molecule has 2 atom stereocenters. The van der Waals surface area contributed by atoms with Crippen LogP contribution in [-0.4, -0.2) is 37.6 Å². The van der Waals surface area contributed by atoms with E-state index in [-0.39, 0.29) is 11.9 Å². The van der Waals surface area contributed by atoms with E-state index >= 15 is 0 Å². The lowest BCUT2D eigenvalue weighted by molar-refractivity contribution is -0.147. The van der Waals surface area contributed by atoms with E-state index in [4.69, 9.17) is 4.74 Å². The van der Waals surface area contributed by atoms with Crippen LogP contribution in [0.5, 0.6) is 0 Å². The Bertz CT molecular complexity index is 182. The number of hydrogen-bond acceptors (Lipinski definition) is 3. The van der Waals surface area contributed by atoms with E-state index < -0.39 is 0 Å². The van der Waals surface area contributed by atoms with Gasteiger partial charge in [-0.1, -0.05) is 27.2 Å². The number of carbonyl (C=O) groups excluding carboxylic acids is 1. The Morgan fingerprint density at radius 1 is 1.27 bits per heavy atom. The van der Waals surface area contributed by atoms with Gasteiger partial charge in [-0.15, -0.1) is 0 Å². The van der Waals surface area contributed by atoms with E-state index in [9.17, 15) is 4.79 Å². The van der Waals surface area contributed by atoms with Gasteiger partial charge in [-0.3, -0.25) is 4.79 Å². The summed E-state index contributed by atoms with van der Waals surface area (Å²) in [6.45, 7) is 10.5. The van der Waals surface area contributed by atoms with Gasteiger partial charge in [0.05, 0.1) is 12.5 Å². The largest absolute Gasteiger partial charge is 0.466 e. The summed E-state index contributed by atoms with van der Waals surface area (Å²) in [4.78, 5) is 13.6. The Morgan fingerprint density at radius 3 is 2.33 bits per heavy atom. The zero-order chi connectivity index (χ0) is 11.8. The SMILES string of the molecule is CCOC(=O)C(C)CN(C)CC(C)CC. The lowest BCUT2D eigenvalue weighted by Gasteiger charge is -2.22. The Hall–Kier alpha value is -0.570. The van der Waals surface area contributed by atoms with E-state index in [1.165, 1.54) is 6.42 Å². The molecular weight excluding hydrogens is 190 g/mol. The van der Waals surface area contributed by atoms with E-state index in [1.807, 2.05) is 13.8 Å². The van der Waals surface area contributed by atoms with Crippen molar-refractivity contribution in [2.45, 2.75) is 34.1 Å². The van der Waals surface area contributed by atoms with Crippen LogP contribution in [0.25, 0.3) is 0 Å². The highest BCUT2D eigenvalue weighted by Crippen LogP contribution is 2.06. The quantitative estimate of drug-likeness (QED) is 0.610. The van der Waals surface area contributed by atoms with Gasteiger partial charge in [-0.2, -0.15) is 0 Å². The van der Waals surface area contributed by atoms with Crippen LogP contribution in [0.3, 0.4) is 0 Å². The molecule has 0 radical (unpaired) electrons. The number of rotatable bonds is 7. The smallest absolute Gasteiger partial charge is 0.309 e. The Kier molecular flexibility index (Phi) is 7.39. The van der Waals surface area contributed by atoms with Crippen LogP contribution in [0.2, 0.25) is 0 Å². The summed E-state index contributed by atoms with van der Waals surface area (Å²) in [6.07, 6.45) is 1.18. The fraction of sp³-hybridized carbons (Fsp3) is 0.917. The molecule has 0 amide bonds. The van der Waals surface area contributed by atoms with Gasteiger partial charge < -0.3 is 9.64 Å². The van der Waals surface area contributed by atoms with Gasteiger partial charge in [0.1, 0.15) is 0 Å². The average Bonchev–Trinajstić information content (AvgIpc) is 2.17. The first-order chi connectivity index (χ1) is 7.01. The van der Waals surface area contributed by atoms with Crippen LogP contribution < -0.4 is 0 Å². The Balaban J connectivity index is 3.84. The molecule has 0 N–H and O–H groups in total. The van der Waals surface area contributed by atoms with Crippen molar-refractivity contribution in [3.63, 3.8) is 0 Å². The maximum Gasteiger partial charge on any atom is 0.309 e. The van der Waals surface area contributed by atoms with Gasteiger partial charge in [0, 0.05) is 13.1 Å². The molecule has 0 aliphatic heterocycles. The Labute approximate surface area is 93.8 Å². The molecule has 0 spiro atoms. The van der Waals surface area contributed by atoms with E-state index in [2.05, 4.69) is 25.8 Å². The molecule has 0 aromatic heterocycles. The molecule has 0 fully saturated rings. The topological polar surface area (TPSA) is 29.5 Å². The predicted molar refractivity (Wildman–Crippen MR) is 62.7 cm³/mol. The molecule has 0 heterocycles. The van der Waals surface area contributed by atoms with Gasteiger partial charge in [0.15, 0.2) is 0 Å². The molecule has 3 nitrogen and oxygen atoms in total. The molecule has 0 rings (SSSR count). The highest BCUT2D eigenvalue weighted by Gasteiger charge is 2.16. The van der Waals surface area contributed by atoms with Gasteiger partial charge in [-0.25, -0.2) is 0 Å². The third-order valence-electron chi connectivity index (χ3n) is 2.59. The number of carbonyl (C=O) groups is 1. The lowest BCUT2D eigenvalue weighted by atomic mass is 10.1. The average molecular weight is 215 g/mol. The van der Waals surface area contributed by atoms with Gasteiger partial charge >= 0.3 is 5.97 Å². The minimum absolute atomic E-state index is 0.0287. The molecular formula is C12H25NO2. The van der Waals surface area contributed by atoms with Gasteiger partial charge in [0.2, 0.25) is 0 Å². The minimum atomic E-state index is -0.0894. The highest BCUT2D eigenvalue weighted by molar-refractivity contribution is 5.72. The summed E-state index contributed by atoms with van der Waals surface area (Å²) in [6, 6.07) is 0. The van der Waals surface area contributed by atoms with Crippen LogP contribution in [-0.2, 0) is 9.53 Å². The van der Waals surface area contributed by atoms with Crippen molar-refractivity contribution in [3.05, 3.63) is 0 Å². The number of esters is 1. The third-order valence-corrected chi connectivity index (χ3v) is 2.59. The first-order valence-electron chi connectivity index (χ1n) is 5.86. The molecule has 15 heavy (non-hydrogen) atoms. The molecule has 2 unspecified atom stereocenters. The zero-order valence-corrected chi connectivity index (χ0v) is 10.7. The fourth-order valence-electron chi connectivity index (χ4n) is 1.56. The van der Waals surface area contributed by atoms with Crippen molar-refractivity contribution in [3.8, 4) is 0 Å². The molecule has 0 saturated carbocycles. The summed E-state index contributed by atoms with van der Waals surface area (Å²) in [5, 5.41) is 0. The van der Waals surface area contributed by atoms with E-state index in [1.54, 1.807) is 0 Å². The molecule has 0 saturated heterocycles. The summed E-state index contributed by atoms with van der Waals surface area (Å²) >= 11 is 0. The molecule has 3 heteroatoms. The van der Waals surface area contributed by atoms with Gasteiger partial charge in [0.25, 0.3) is 0 Å². The minimum Gasteiger partial charge on any atom is -0.466 e. The second-order valence-electron chi connectivity index (χ2n) is 4.39. The molecule has 90 valence electrons. The van der Waals surface area contributed by atoms with Crippen LogP contribution in [0, 0.1) is 11.8 Å². The molecule has 0 aromatic rings. The van der Waals surface area contributed by atoms with Crippen LogP contribution >= 0.6 is 0 Å². The summed E-state index contributed by atoms with van der Waals surface area (Å²) in [5.41, 5.74) is 0. The van der Waals surface area contributed by atoms with Gasteiger partial charge in [-0.05, 0) is 19.9 Å². The monoisotopic (exact) mass is 215 g/mol.